The van der Waals surface area contributed by atoms with Crippen molar-refractivity contribution in [1.29, 1.82) is 0 Å². The van der Waals surface area contributed by atoms with Crippen molar-refractivity contribution >= 4 is 19.8 Å². The Labute approximate surface area is 519 Å². The quantitative estimate of drug-likeness (QED) is 0.0195. The highest BCUT2D eigenvalue weighted by molar-refractivity contribution is 7.45. The van der Waals surface area contributed by atoms with Gasteiger partial charge in [0.25, 0.3) is 7.82 Å². The second-order valence-electron chi connectivity index (χ2n) is 24.5. The Bertz CT molecular complexity index is 1740. The second kappa shape index (κ2) is 64.4. The number of esters is 2. The molecule has 9 nitrogen and oxygen atoms in total. The predicted molar refractivity (Wildman–Crippen MR) is 360 cm³/mol. The lowest BCUT2D eigenvalue weighted by molar-refractivity contribution is -0.870. The van der Waals surface area contributed by atoms with E-state index in [4.69, 9.17) is 18.5 Å². The molecule has 0 bridgehead atoms. The van der Waals surface area contributed by atoms with Crippen LogP contribution >= 0.6 is 7.82 Å². The van der Waals surface area contributed by atoms with E-state index >= 15 is 0 Å². The fourth-order valence-corrected chi connectivity index (χ4v) is 10.5. The summed E-state index contributed by atoms with van der Waals surface area (Å²) in [4.78, 5) is 38.0. The first-order valence-corrected chi connectivity index (χ1v) is 36.4. The zero-order valence-corrected chi connectivity index (χ0v) is 56.2. The van der Waals surface area contributed by atoms with Crippen LogP contribution in [0.3, 0.4) is 0 Å². The van der Waals surface area contributed by atoms with Crippen molar-refractivity contribution in [3.63, 3.8) is 0 Å². The molecular weight excluding hydrogens is 1060 g/mol. The Hall–Kier alpha value is -3.07. The molecule has 0 amide bonds. The maximum absolute atomic E-state index is 12.9. The molecule has 84 heavy (non-hydrogen) atoms. The van der Waals surface area contributed by atoms with Gasteiger partial charge in [0.1, 0.15) is 19.8 Å². The minimum atomic E-state index is -4.65. The Balaban J connectivity index is 3.95. The number of phosphoric ester groups is 1. The van der Waals surface area contributed by atoms with Crippen molar-refractivity contribution in [3.8, 4) is 0 Å². The molecule has 0 N–H and O–H groups in total. The van der Waals surface area contributed by atoms with E-state index in [1.807, 2.05) is 21.1 Å². The third kappa shape index (κ3) is 68.0. The van der Waals surface area contributed by atoms with Crippen LogP contribution in [0.4, 0.5) is 0 Å². The van der Waals surface area contributed by atoms with Gasteiger partial charge in [-0.15, -0.1) is 0 Å². The molecule has 0 aliphatic heterocycles. The monoisotopic (exact) mass is 1190 g/mol. The van der Waals surface area contributed by atoms with Crippen molar-refractivity contribution in [1.82, 2.24) is 0 Å². The van der Waals surface area contributed by atoms with Crippen LogP contribution in [0.25, 0.3) is 0 Å². The molecule has 0 rings (SSSR count). The fourth-order valence-electron chi connectivity index (χ4n) is 9.82. The lowest BCUT2D eigenvalue weighted by Crippen LogP contribution is -2.37. The van der Waals surface area contributed by atoms with Gasteiger partial charge in [-0.25, -0.2) is 0 Å². The number of hydrogen-bond acceptors (Lipinski definition) is 8. The van der Waals surface area contributed by atoms with Crippen LogP contribution in [-0.2, 0) is 32.7 Å². The minimum Gasteiger partial charge on any atom is -0.756 e. The normalized spacial score (nSPS) is 13.7. The number of rotatable bonds is 64. The van der Waals surface area contributed by atoms with Gasteiger partial charge >= 0.3 is 11.9 Å². The van der Waals surface area contributed by atoms with Crippen LogP contribution in [0.1, 0.15) is 309 Å². The van der Waals surface area contributed by atoms with Crippen LogP contribution in [0, 0.1) is 0 Å². The van der Waals surface area contributed by atoms with Gasteiger partial charge in [-0.2, -0.15) is 0 Å². The van der Waals surface area contributed by atoms with E-state index in [2.05, 4.69) is 111 Å². The van der Waals surface area contributed by atoms with E-state index in [1.54, 1.807) is 0 Å². The minimum absolute atomic E-state index is 0.0339. The molecule has 0 aliphatic rings. The predicted octanol–water partition coefficient (Wildman–Crippen LogP) is 22.1. The van der Waals surface area contributed by atoms with Crippen molar-refractivity contribution in [3.05, 3.63) is 97.2 Å². The number of likely N-dealkylation sites (N-methyl/N-ethyl adjacent to an activating group) is 1. The summed E-state index contributed by atoms with van der Waals surface area (Å²) in [6.07, 6.45) is 89.3. The Morgan fingerprint density at radius 3 is 0.952 bits per heavy atom. The number of carbonyl (C=O) groups excluding carboxylic acids is 2. The first-order chi connectivity index (χ1) is 41.0. The fraction of sp³-hybridized carbons (Fsp3) is 0.757. The van der Waals surface area contributed by atoms with Gasteiger partial charge in [0.2, 0.25) is 0 Å². The number of hydrogen-bond donors (Lipinski definition) is 0. The Kier molecular flexibility index (Phi) is 62.1. The molecule has 0 aromatic heterocycles. The number of allylic oxidation sites excluding steroid dienone is 16. The zero-order chi connectivity index (χ0) is 61.2. The van der Waals surface area contributed by atoms with E-state index in [0.29, 0.717) is 17.4 Å². The summed E-state index contributed by atoms with van der Waals surface area (Å²) in [5.41, 5.74) is 0. The third-order valence-electron chi connectivity index (χ3n) is 15.1. The third-order valence-corrected chi connectivity index (χ3v) is 16.1. The molecule has 0 saturated carbocycles. The molecule has 0 aromatic carbocycles. The molecule has 0 aromatic rings. The molecule has 0 saturated heterocycles. The number of phosphoric acid groups is 1. The summed E-state index contributed by atoms with van der Waals surface area (Å²) in [5.74, 6) is -0.834. The van der Waals surface area contributed by atoms with E-state index in [0.717, 1.165) is 103 Å². The molecule has 0 fully saturated rings. The maximum atomic E-state index is 12.9. The van der Waals surface area contributed by atoms with Gasteiger partial charge in [-0.3, -0.25) is 14.2 Å². The summed E-state index contributed by atoms with van der Waals surface area (Å²) in [7, 11) is 1.16. The maximum Gasteiger partial charge on any atom is 0.306 e. The molecular formula is C74H132NO8P. The number of nitrogens with zero attached hydrogens (tertiary/aromatic N) is 1. The Morgan fingerprint density at radius 1 is 0.369 bits per heavy atom. The molecule has 2 unspecified atom stereocenters. The Morgan fingerprint density at radius 2 is 0.643 bits per heavy atom. The lowest BCUT2D eigenvalue weighted by Gasteiger charge is -2.28. The number of ether oxygens (including phenoxy) is 2. The highest BCUT2D eigenvalue weighted by Crippen LogP contribution is 2.38. The molecule has 0 aliphatic carbocycles. The summed E-state index contributed by atoms with van der Waals surface area (Å²) >= 11 is 0. The average Bonchev–Trinajstić information content (AvgIpc) is 3.61. The summed E-state index contributed by atoms with van der Waals surface area (Å²) < 4.78 is 34.3. The number of carbonyl (C=O) groups is 2. The SMILES string of the molecule is CC/C=C\C/C=C\C/C=C\C/C=C\CCCCCCCCCCCCCCCCCCCCCCCCCCCCC(=O)OC(COC(=O)CCCCCCCCCC/C=C\C/C=C\C/C=C\C/C=C\CC)COP(=O)([O-])OCC[N+](C)(C)C. The van der Waals surface area contributed by atoms with Crippen LogP contribution in [-0.4, -0.2) is 70.0 Å². The largest absolute Gasteiger partial charge is 0.756 e. The van der Waals surface area contributed by atoms with Crippen LogP contribution in [0.2, 0.25) is 0 Å². The van der Waals surface area contributed by atoms with Crippen LogP contribution in [0.5, 0.6) is 0 Å². The number of quaternary nitrogens is 1. The van der Waals surface area contributed by atoms with Crippen LogP contribution < -0.4 is 4.89 Å². The standard InChI is InChI=1S/C74H132NO8P/c1-6-8-10-12-14-16-18-20-22-24-26-28-29-30-31-32-33-34-35-36-37-38-39-40-41-42-43-44-45-47-49-51-53-55-57-59-61-63-65-67-74(77)83-72(71-82-84(78,79)81-69-68-75(3,4)5)70-80-73(76)66-64-62-60-58-56-54-52-50-48-46-27-25-23-21-19-17-15-13-11-9-7-2/h8-11,14-17,20-23,26-28,46,72H,6-7,12-13,18-19,24-25,29-45,47-71H2,1-5H3/b10-8-,11-9-,16-14-,17-15-,22-20-,23-21-,28-26-,46-27-. The van der Waals surface area contributed by atoms with E-state index < -0.39 is 26.5 Å². The summed E-state index contributed by atoms with van der Waals surface area (Å²) in [5, 5.41) is 0. The molecule has 0 spiro atoms. The van der Waals surface area contributed by atoms with Gasteiger partial charge in [0.05, 0.1) is 27.7 Å². The van der Waals surface area contributed by atoms with Crippen LogP contribution in [0.15, 0.2) is 97.2 Å². The van der Waals surface area contributed by atoms with E-state index in [1.165, 1.54) is 173 Å². The molecule has 486 valence electrons. The molecule has 2 atom stereocenters. The zero-order valence-electron chi connectivity index (χ0n) is 55.3. The second-order valence-corrected chi connectivity index (χ2v) is 25.9. The first-order valence-electron chi connectivity index (χ1n) is 34.9. The van der Waals surface area contributed by atoms with Gasteiger partial charge in [0, 0.05) is 12.8 Å². The summed E-state index contributed by atoms with van der Waals surface area (Å²) in [6, 6.07) is 0. The highest BCUT2D eigenvalue weighted by atomic mass is 31.2. The average molecular weight is 1190 g/mol. The lowest BCUT2D eigenvalue weighted by atomic mass is 10.0. The molecule has 0 radical (unpaired) electrons. The van der Waals surface area contributed by atoms with E-state index in [9.17, 15) is 19.0 Å². The molecule has 0 heterocycles. The van der Waals surface area contributed by atoms with Crippen molar-refractivity contribution < 1.29 is 42.1 Å². The highest BCUT2D eigenvalue weighted by Gasteiger charge is 2.22. The van der Waals surface area contributed by atoms with Crippen molar-refractivity contribution in [2.75, 3.05) is 47.5 Å². The summed E-state index contributed by atoms with van der Waals surface area (Å²) in [6.45, 7) is 4.03. The van der Waals surface area contributed by atoms with Gasteiger partial charge in [-0.1, -0.05) is 304 Å². The van der Waals surface area contributed by atoms with Gasteiger partial charge in [-0.05, 0) is 89.9 Å². The van der Waals surface area contributed by atoms with Gasteiger partial charge < -0.3 is 27.9 Å². The topological polar surface area (TPSA) is 111 Å². The smallest absolute Gasteiger partial charge is 0.306 e. The number of unbranched alkanes of at least 4 members (excludes halogenated alkanes) is 34. The van der Waals surface area contributed by atoms with Crippen molar-refractivity contribution in [2.24, 2.45) is 0 Å². The molecule has 10 heteroatoms. The van der Waals surface area contributed by atoms with E-state index in [-0.39, 0.29) is 32.0 Å². The van der Waals surface area contributed by atoms with Crippen molar-refractivity contribution in [2.45, 2.75) is 315 Å². The van der Waals surface area contributed by atoms with Gasteiger partial charge in [0.15, 0.2) is 6.10 Å². The first kappa shape index (κ1) is 80.9.